The van der Waals surface area contributed by atoms with Crippen LogP contribution < -0.4 is 11.2 Å². The number of aromatic hydroxyl groups is 1. The summed E-state index contributed by atoms with van der Waals surface area (Å²) in [5, 5.41) is 10.7. The summed E-state index contributed by atoms with van der Waals surface area (Å²) in [4.78, 5) is 32.7. The van der Waals surface area contributed by atoms with Crippen molar-refractivity contribution in [2.24, 2.45) is 4.99 Å². The molecule has 134 valence electrons. The SMILES string of the molecule is CCN(CC)CCN=Cc1c(O)n(-c2ccccc2Cl)c(=O)[nH]c1=O. The van der Waals surface area contributed by atoms with Gasteiger partial charge in [-0.1, -0.05) is 37.6 Å². The van der Waals surface area contributed by atoms with Gasteiger partial charge in [-0.15, -0.1) is 0 Å². The lowest BCUT2D eigenvalue weighted by Crippen LogP contribution is -2.31. The van der Waals surface area contributed by atoms with Crippen molar-refractivity contribution < 1.29 is 5.11 Å². The first-order valence-corrected chi connectivity index (χ1v) is 8.42. The number of benzene rings is 1. The Morgan fingerprint density at radius 1 is 1.28 bits per heavy atom. The van der Waals surface area contributed by atoms with Gasteiger partial charge in [0, 0.05) is 12.8 Å². The van der Waals surface area contributed by atoms with Gasteiger partial charge in [-0.05, 0) is 25.2 Å². The summed E-state index contributed by atoms with van der Waals surface area (Å²) in [7, 11) is 0. The maximum Gasteiger partial charge on any atom is 0.335 e. The van der Waals surface area contributed by atoms with Crippen molar-refractivity contribution >= 4 is 17.8 Å². The molecule has 0 saturated carbocycles. The largest absolute Gasteiger partial charge is 0.493 e. The van der Waals surface area contributed by atoms with Crippen LogP contribution in [0.3, 0.4) is 0 Å². The van der Waals surface area contributed by atoms with Gasteiger partial charge in [-0.25, -0.2) is 9.36 Å². The number of hydrogen-bond acceptors (Lipinski definition) is 5. The summed E-state index contributed by atoms with van der Waals surface area (Å²) in [5.41, 5.74) is -1.27. The topological polar surface area (TPSA) is 90.7 Å². The van der Waals surface area contributed by atoms with E-state index < -0.39 is 17.1 Å². The number of rotatable bonds is 7. The van der Waals surface area contributed by atoms with Crippen molar-refractivity contribution in [3.63, 3.8) is 0 Å². The molecule has 2 N–H and O–H groups in total. The van der Waals surface area contributed by atoms with E-state index >= 15 is 0 Å². The number of aromatic amines is 1. The van der Waals surface area contributed by atoms with Crippen LogP contribution in [-0.2, 0) is 0 Å². The molecule has 2 aromatic rings. The Balaban J connectivity index is 2.37. The number of para-hydroxylation sites is 1. The lowest BCUT2D eigenvalue weighted by molar-refractivity contribution is 0.313. The van der Waals surface area contributed by atoms with Gasteiger partial charge in [0.1, 0.15) is 5.56 Å². The van der Waals surface area contributed by atoms with Crippen LogP contribution in [0.5, 0.6) is 5.88 Å². The maximum absolute atomic E-state index is 12.1. The first-order valence-electron chi connectivity index (χ1n) is 8.05. The molecule has 25 heavy (non-hydrogen) atoms. The van der Waals surface area contributed by atoms with E-state index in [1.165, 1.54) is 6.21 Å². The maximum atomic E-state index is 12.1. The fraction of sp³-hybridized carbons (Fsp3) is 0.353. The minimum atomic E-state index is -0.768. The highest BCUT2D eigenvalue weighted by Gasteiger charge is 2.15. The average Bonchev–Trinajstić information content (AvgIpc) is 2.59. The molecule has 7 nitrogen and oxygen atoms in total. The first kappa shape index (κ1) is 19.0. The van der Waals surface area contributed by atoms with Crippen LogP contribution in [-0.4, -0.2) is 52.0 Å². The number of likely N-dealkylation sites (N-methyl/N-ethyl adjacent to an activating group) is 1. The Bertz CT molecular complexity index is 869. The molecule has 1 heterocycles. The van der Waals surface area contributed by atoms with Crippen LogP contribution in [0.4, 0.5) is 0 Å². The predicted molar refractivity (Wildman–Crippen MR) is 99.6 cm³/mol. The highest BCUT2D eigenvalue weighted by atomic mass is 35.5. The predicted octanol–water partition coefficient (Wildman–Crippen LogP) is 1.65. The minimum Gasteiger partial charge on any atom is -0.493 e. The normalized spacial score (nSPS) is 11.5. The second kappa shape index (κ2) is 8.64. The molecular formula is C17H21ClN4O3. The summed E-state index contributed by atoms with van der Waals surface area (Å²) in [6.45, 7) is 7.16. The summed E-state index contributed by atoms with van der Waals surface area (Å²) < 4.78 is 0.954. The molecular weight excluding hydrogens is 344 g/mol. The smallest absolute Gasteiger partial charge is 0.335 e. The second-order valence-corrected chi connectivity index (χ2v) is 5.75. The van der Waals surface area contributed by atoms with E-state index in [9.17, 15) is 14.7 Å². The van der Waals surface area contributed by atoms with Crippen LogP contribution in [0.1, 0.15) is 19.4 Å². The number of halogens is 1. The van der Waals surface area contributed by atoms with Gasteiger partial charge in [-0.3, -0.25) is 14.8 Å². The summed E-state index contributed by atoms with van der Waals surface area (Å²) in [6, 6.07) is 6.54. The molecule has 0 aliphatic heterocycles. The zero-order valence-corrected chi connectivity index (χ0v) is 15.0. The van der Waals surface area contributed by atoms with Gasteiger partial charge < -0.3 is 10.0 Å². The van der Waals surface area contributed by atoms with Crippen LogP contribution in [0.25, 0.3) is 5.69 Å². The van der Waals surface area contributed by atoms with Crippen molar-refractivity contribution in [2.75, 3.05) is 26.2 Å². The highest BCUT2D eigenvalue weighted by molar-refractivity contribution is 6.32. The quantitative estimate of drug-likeness (QED) is 0.731. The zero-order chi connectivity index (χ0) is 18.4. The zero-order valence-electron chi connectivity index (χ0n) is 14.2. The van der Waals surface area contributed by atoms with E-state index in [-0.39, 0.29) is 16.3 Å². The van der Waals surface area contributed by atoms with E-state index in [0.29, 0.717) is 6.54 Å². The summed E-state index contributed by atoms with van der Waals surface area (Å²) in [5.74, 6) is -0.492. The molecule has 0 aliphatic rings. The molecule has 0 spiro atoms. The molecule has 1 aromatic heterocycles. The second-order valence-electron chi connectivity index (χ2n) is 5.35. The van der Waals surface area contributed by atoms with Crippen LogP contribution >= 0.6 is 11.6 Å². The third-order valence-corrected chi connectivity index (χ3v) is 4.19. The third-order valence-electron chi connectivity index (χ3n) is 3.87. The van der Waals surface area contributed by atoms with Gasteiger partial charge in [0.2, 0.25) is 5.88 Å². The molecule has 0 saturated heterocycles. The van der Waals surface area contributed by atoms with Gasteiger partial charge in [0.05, 0.1) is 17.3 Å². The Morgan fingerprint density at radius 3 is 2.60 bits per heavy atom. The van der Waals surface area contributed by atoms with Crippen LogP contribution in [0, 0.1) is 0 Å². The third kappa shape index (κ3) is 4.37. The van der Waals surface area contributed by atoms with E-state index in [0.717, 1.165) is 24.2 Å². The molecule has 2 rings (SSSR count). The number of aromatic nitrogens is 2. The average molecular weight is 365 g/mol. The van der Waals surface area contributed by atoms with E-state index in [1.807, 2.05) is 0 Å². The Hall–Kier alpha value is -2.38. The molecule has 0 atom stereocenters. The molecule has 0 aliphatic carbocycles. The minimum absolute atomic E-state index is 0.0842. The van der Waals surface area contributed by atoms with E-state index in [2.05, 4.69) is 28.7 Å². The van der Waals surface area contributed by atoms with E-state index in [1.54, 1.807) is 24.3 Å². The monoisotopic (exact) mass is 364 g/mol. The van der Waals surface area contributed by atoms with Gasteiger partial charge in [0.15, 0.2) is 0 Å². The number of hydrogen-bond donors (Lipinski definition) is 2. The van der Waals surface area contributed by atoms with Crippen molar-refractivity contribution in [1.29, 1.82) is 0 Å². The Kier molecular flexibility index (Phi) is 6.55. The van der Waals surface area contributed by atoms with Crippen LogP contribution in [0.15, 0.2) is 38.8 Å². The molecule has 0 fully saturated rings. The van der Waals surface area contributed by atoms with E-state index in [4.69, 9.17) is 11.6 Å². The van der Waals surface area contributed by atoms with Gasteiger partial charge in [-0.2, -0.15) is 0 Å². The number of H-pyrrole nitrogens is 1. The lowest BCUT2D eigenvalue weighted by Gasteiger charge is -2.15. The Morgan fingerprint density at radius 2 is 1.96 bits per heavy atom. The van der Waals surface area contributed by atoms with Gasteiger partial charge in [0.25, 0.3) is 5.56 Å². The number of nitrogens with one attached hydrogen (secondary N) is 1. The Labute approximate surface area is 150 Å². The van der Waals surface area contributed by atoms with Crippen molar-refractivity contribution in [1.82, 2.24) is 14.5 Å². The molecule has 0 bridgehead atoms. The fourth-order valence-corrected chi connectivity index (χ4v) is 2.63. The number of nitrogens with zero attached hydrogens (tertiary/aromatic N) is 3. The molecule has 0 radical (unpaired) electrons. The highest BCUT2D eigenvalue weighted by Crippen LogP contribution is 2.22. The number of aliphatic imine (C=N–C) groups is 1. The van der Waals surface area contributed by atoms with Crippen LogP contribution in [0.2, 0.25) is 5.02 Å². The standard InChI is InChI=1S/C17H21ClN4O3/c1-3-21(4-2)10-9-19-11-12-15(23)20-17(25)22(16(12)24)14-8-6-5-7-13(14)18/h5-8,11,24H,3-4,9-10H2,1-2H3,(H,20,23,25). The van der Waals surface area contributed by atoms with Crippen molar-refractivity contribution in [3.05, 3.63) is 55.7 Å². The summed E-state index contributed by atoms with van der Waals surface area (Å²) in [6.07, 6.45) is 1.28. The van der Waals surface area contributed by atoms with Crippen molar-refractivity contribution in [3.8, 4) is 11.6 Å². The summed E-state index contributed by atoms with van der Waals surface area (Å²) >= 11 is 6.09. The molecule has 8 heteroatoms. The van der Waals surface area contributed by atoms with Gasteiger partial charge >= 0.3 is 5.69 Å². The molecule has 0 amide bonds. The molecule has 0 unspecified atom stereocenters. The lowest BCUT2D eigenvalue weighted by atomic mass is 10.3. The first-order chi connectivity index (χ1) is 12.0. The van der Waals surface area contributed by atoms with Crippen molar-refractivity contribution in [2.45, 2.75) is 13.8 Å². The fourth-order valence-electron chi connectivity index (χ4n) is 2.41. The molecule has 1 aromatic carbocycles.